The lowest BCUT2D eigenvalue weighted by molar-refractivity contribution is 0.0625. The second-order valence-corrected chi connectivity index (χ2v) is 8.42. The molecule has 4 rings (SSSR count). The first-order valence-electron chi connectivity index (χ1n) is 10.7. The lowest BCUT2D eigenvalue weighted by Crippen LogP contribution is -2.42. The molecule has 6 nitrogen and oxygen atoms in total. The van der Waals surface area contributed by atoms with Crippen LogP contribution in [0, 0.1) is 11.8 Å². The molecule has 0 saturated carbocycles. The van der Waals surface area contributed by atoms with Gasteiger partial charge in [-0.3, -0.25) is 4.79 Å². The Bertz CT molecular complexity index is 1090. The summed E-state index contributed by atoms with van der Waals surface area (Å²) in [6.07, 6.45) is 1.16. The number of hydrogen-bond acceptors (Lipinski definition) is 5. The SMILES string of the molecule is COc1ccc(Nc2cc(C(=O)N3C[C@H](C)C[C@H](C)C3)c3ccccc3n2)c(OC)c1. The Kier molecular flexibility index (Phi) is 5.98. The van der Waals surface area contributed by atoms with Crippen LogP contribution in [-0.2, 0) is 0 Å². The fourth-order valence-electron chi connectivity index (χ4n) is 4.46. The van der Waals surface area contributed by atoms with Crippen molar-refractivity contribution in [1.82, 2.24) is 9.88 Å². The van der Waals surface area contributed by atoms with Crippen LogP contribution in [0.4, 0.5) is 11.5 Å². The van der Waals surface area contributed by atoms with E-state index in [1.54, 1.807) is 14.2 Å². The molecule has 162 valence electrons. The Morgan fingerprint density at radius 2 is 1.77 bits per heavy atom. The number of fused-ring (bicyclic) bond motifs is 1. The summed E-state index contributed by atoms with van der Waals surface area (Å²) in [4.78, 5) is 20.3. The van der Waals surface area contributed by atoms with Crippen molar-refractivity contribution in [3.05, 3.63) is 54.1 Å². The monoisotopic (exact) mass is 419 g/mol. The maximum atomic E-state index is 13.5. The minimum absolute atomic E-state index is 0.0572. The fraction of sp³-hybridized carbons (Fsp3) is 0.360. The molecule has 0 radical (unpaired) electrons. The molecule has 1 aliphatic rings. The zero-order chi connectivity index (χ0) is 22.0. The highest BCUT2D eigenvalue weighted by molar-refractivity contribution is 6.07. The molecule has 3 aromatic rings. The summed E-state index contributed by atoms with van der Waals surface area (Å²) >= 11 is 0. The highest BCUT2D eigenvalue weighted by Gasteiger charge is 2.27. The van der Waals surface area contributed by atoms with Crippen molar-refractivity contribution in [1.29, 1.82) is 0 Å². The summed E-state index contributed by atoms with van der Waals surface area (Å²) in [5.74, 6) is 3.01. The molecule has 0 aliphatic carbocycles. The maximum Gasteiger partial charge on any atom is 0.254 e. The Balaban J connectivity index is 1.73. The van der Waals surface area contributed by atoms with Gasteiger partial charge in [0.2, 0.25) is 0 Å². The third-order valence-corrected chi connectivity index (χ3v) is 5.77. The van der Waals surface area contributed by atoms with E-state index in [-0.39, 0.29) is 5.91 Å². The number of aromatic nitrogens is 1. The lowest BCUT2D eigenvalue weighted by atomic mass is 9.91. The summed E-state index contributed by atoms with van der Waals surface area (Å²) in [7, 11) is 3.23. The summed E-state index contributed by atoms with van der Waals surface area (Å²) in [6, 6.07) is 15.2. The van der Waals surface area contributed by atoms with Crippen LogP contribution < -0.4 is 14.8 Å². The molecule has 6 heteroatoms. The molecule has 1 aromatic heterocycles. The van der Waals surface area contributed by atoms with Crippen molar-refractivity contribution < 1.29 is 14.3 Å². The third kappa shape index (κ3) is 4.43. The Labute approximate surface area is 183 Å². The molecular formula is C25H29N3O3. The van der Waals surface area contributed by atoms with Gasteiger partial charge >= 0.3 is 0 Å². The number of likely N-dealkylation sites (tertiary alicyclic amines) is 1. The van der Waals surface area contributed by atoms with Crippen molar-refractivity contribution in [2.45, 2.75) is 20.3 Å². The summed E-state index contributed by atoms with van der Waals surface area (Å²) in [6.45, 7) is 6.00. The van der Waals surface area contributed by atoms with Crippen LogP contribution in [0.15, 0.2) is 48.5 Å². The average molecular weight is 420 g/mol. The van der Waals surface area contributed by atoms with Crippen LogP contribution >= 0.6 is 0 Å². The molecule has 1 aliphatic heterocycles. The van der Waals surface area contributed by atoms with Gasteiger partial charge in [-0.25, -0.2) is 4.98 Å². The standard InChI is InChI=1S/C25H29N3O3/c1-16-11-17(2)15-28(14-16)25(29)20-13-24(26-21-8-6-5-7-19(20)21)27-22-10-9-18(30-3)12-23(22)31-4/h5-10,12-13,16-17H,11,14-15H2,1-4H3,(H,26,27)/t16-,17+. The summed E-state index contributed by atoms with van der Waals surface area (Å²) < 4.78 is 10.8. The van der Waals surface area contributed by atoms with Crippen LogP contribution in [0.25, 0.3) is 10.9 Å². The molecule has 1 amide bonds. The van der Waals surface area contributed by atoms with E-state index in [1.165, 1.54) is 0 Å². The number of amides is 1. The highest BCUT2D eigenvalue weighted by atomic mass is 16.5. The number of piperidine rings is 1. The van der Waals surface area contributed by atoms with Crippen molar-refractivity contribution >= 4 is 28.3 Å². The predicted molar refractivity (Wildman–Crippen MR) is 123 cm³/mol. The smallest absolute Gasteiger partial charge is 0.254 e. The number of nitrogens with one attached hydrogen (secondary N) is 1. The minimum Gasteiger partial charge on any atom is -0.497 e. The number of carbonyl (C=O) groups excluding carboxylic acids is 1. The number of nitrogens with zero attached hydrogens (tertiary/aromatic N) is 2. The average Bonchev–Trinajstić information content (AvgIpc) is 2.77. The number of anilines is 2. The fourth-order valence-corrected chi connectivity index (χ4v) is 4.46. The lowest BCUT2D eigenvalue weighted by Gasteiger charge is -2.35. The number of para-hydroxylation sites is 1. The van der Waals surface area contributed by atoms with E-state index in [2.05, 4.69) is 19.2 Å². The summed E-state index contributed by atoms with van der Waals surface area (Å²) in [5, 5.41) is 4.19. The molecule has 0 bridgehead atoms. The van der Waals surface area contributed by atoms with Crippen LogP contribution in [0.1, 0.15) is 30.6 Å². The third-order valence-electron chi connectivity index (χ3n) is 5.77. The second-order valence-electron chi connectivity index (χ2n) is 8.42. The van der Waals surface area contributed by atoms with Gasteiger partial charge in [-0.1, -0.05) is 32.0 Å². The first kappa shape index (κ1) is 21.0. The number of benzene rings is 2. The largest absolute Gasteiger partial charge is 0.497 e. The Morgan fingerprint density at radius 3 is 2.48 bits per heavy atom. The predicted octanol–water partition coefficient (Wildman–Crippen LogP) is 5.11. The topological polar surface area (TPSA) is 63.7 Å². The van der Waals surface area contributed by atoms with E-state index in [9.17, 15) is 4.79 Å². The molecule has 1 saturated heterocycles. The minimum atomic E-state index is 0.0572. The zero-order valence-electron chi connectivity index (χ0n) is 18.5. The van der Waals surface area contributed by atoms with Gasteiger partial charge in [-0.05, 0) is 42.5 Å². The van der Waals surface area contributed by atoms with Crippen LogP contribution in [0.5, 0.6) is 11.5 Å². The van der Waals surface area contributed by atoms with Crippen LogP contribution in [0.3, 0.4) is 0 Å². The molecule has 1 N–H and O–H groups in total. The number of pyridine rings is 1. The molecule has 1 fully saturated rings. The number of rotatable bonds is 5. The molecular weight excluding hydrogens is 390 g/mol. The van der Waals surface area contributed by atoms with E-state index < -0.39 is 0 Å². The molecule has 2 atom stereocenters. The van der Waals surface area contributed by atoms with Crippen LogP contribution in [-0.4, -0.2) is 43.1 Å². The Hall–Kier alpha value is -3.28. The van der Waals surface area contributed by atoms with Crippen molar-refractivity contribution in [2.24, 2.45) is 11.8 Å². The van der Waals surface area contributed by atoms with Crippen molar-refractivity contribution in [3.63, 3.8) is 0 Å². The molecule has 31 heavy (non-hydrogen) atoms. The van der Waals surface area contributed by atoms with E-state index in [0.29, 0.717) is 34.7 Å². The normalized spacial score (nSPS) is 18.6. The van der Waals surface area contributed by atoms with Crippen molar-refractivity contribution in [2.75, 3.05) is 32.6 Å². The number of ether oxygens (including phenoxy) is 2. The van der Waals surface area contributed by atoms with Gasteiger partial charge in [0.25, 0.3) is 5.91 Å². The molecule has 2 heterocycles. The van der Waals surface area contributed by atoms with Gasteiger partial charge in [0.05, 0.1) is 31.0 Å². The maximum absolute atomic E-state index is 13.5. The second kappa shape index (κ2) is 8.84. The highest BCUT2D eigenvalue weighted by Crippen LogP contribution is 2.33. The zero-order valence-corrected chi connectivity index (χ0v) is 18.5. The van der Waals surface area contributed by atoms with Crippen LogP contribution in [0.2, 0.25) is 0 Å². The molecule has 0 spiro atoms. The summed E-state index contributed by atoms with van der Waals surface area (Å²) in [5.41, 5.74) is 2.20. The van der Waals surface area contributed by atoms with Gasteiger partial charge in [0.1, 0.15) is 17.3 Å². The molecule has 2 aromatic carbocycles. The first-order valence-corrected chi connectivity index (χ1v) is 10.7. The van der Waals surface area contributed by atoms with Gasteiger partial charge < -0.3 is 19.7 Å². The van der Waals surface area contributed by atoms with E-state index in [1.807, 2.05) is 53.4 Å². The number of carbonyl (C=O) groups is 1. The van der Waals surface area contributed by atoms with Gasteiger partial charge in [-0.15, -0.1) is 0 Å². The number of methoxy groups -OCH3 is 2. The van der Waals surface area contributed by atoms with Gasteiger partial charge in [0.15, 0.2) is 0 Å². The molecule has 0 unspecified atom stereocenters. The quantitative estimate of drug-likeness (QED) is 0.622. The number of hydrogen-bond donors (Lipinski definition) is 1. The van der Waals surface area contributed by atoms with Crippen molar-refractivity contribution in [3.8, 4) is 11.5 Å². The van der Waals surface area contributed by atoms with E-state index in [0.717, 1.165) is 36.1 Å². The van der Waals surface area contributed by atoms with Gasteiger partial charge in [-0.2, -0.15) is 0 Å². The first-order chi connectivity index (χ1) is 15.0. The van der Waals surface area contributed by atoms with Gasteiger partial charge in [0, 0.05) is 24.5 Å². The van der Waals surface area contributed by atoms with E-state index in [4.69, 9.17) is 14.5 Å². The Morgan fingerprint density at radius 1 is 1.03 bits per heavy atom. The van der Waals surface area contributed by atoms with E-state index >= 15 is 0 Å².